The Bertz CT molecular complexity index is 554. The topological polar surface area (TPSA) is 88.1 Å². The number of Topliss-reactive ketones (excluding diaryl/α,β-unsaturated/α-hetero) is 1. The predicted molar refractivity (Wildman–Crippen MR) is 68.9 cm³/mol. The maximum Gasteiger partial charge on any atom is 0.335 e. The van der Waals surface area contributed by atoms with Gasteiger partial charge in [0.05, 0.1) is 37.2 Å². The molecule has 0 heterocycles. The highest BCUT2D eigenvalue weighted by Gasteiger charge is 2.60. The highest BCUT2D eigenvalue weighted by Crippen LogP contribution is 2.47. The molecule has 0 saturated carbocycles. The highest BCUT2D eigenvalue weighted by molar-refractivity contribution is 6.11. The van der Waals surface area contributed by atoms with Crippen molar-refractivity contribution in [1.29, 1.82) is 0 Å². The lowest BCUT2D eigenvalue weighted by molar-refractivity contribution is -0.225. The van der Waals surface area contributed by atoms with Crippen LogP contribution in [0, 0.1) is 11.8 Å². The molecule has 0 spiro atoms. The first-order valence-corrected chi connectivity index (χ1v) is 6.22. The Morgan fingerprint density at radius 3 is 1.95 bits per heavy atom. The van der Waals surface area contributed by atoms with Gasteiger partial charge in [-0.15, -0.1) is 0 Å². The average Bonchev–Trinajstić information content (AvgIpc) is 2.53. The average molecular weight is 296 g/mol. The van der Waals surface area contributed by atoms with Gasteiger partial charge in [0.15, 0.2) is 0 Å². The molecule has 7 nitrogen and oxygen atoms in total. The Kier molecular flexibility index (Phi) is 3.97. The summed E-state index contributed by atoms with van der Waals surface area (Å²) in [7, 11) is 4.99. The number of hydrogen-bond acceptors (Lipinski definition) is 7. The molecule has 21 heavy (non-hydrogen) atoms. The molecule has 3 aliphatic carbocycles. The normalized spacial score (nSPS) is 26.0. The van der Waals surface area contributed by atoms with Crippen molar-refractivity contribution in [3.8, 4) is 0 Å². The minimum absolute atomic E-state index is 0.0217. The monoisotopic (exact) mass is 296 g/mol. The van der Waals surface area contributed by atoms with Gasteiger partial charge in [-0.1, -0.05) is 12.2 Å². The van der Waals surface area contributed by atoms with Crippen LogP contribution in [-0.2, 0) is 33.3 Å². The van der Waals surface area contributed by atoms with E-state index in [0.29, 0.717) is 0 Å². The van der Waals surface area contributed by atoms with Gasteiger partial charge in [-0.25, -0.2) is 9.59 Å². The van der Waals surface area contributed by atoms with Gasteiger partial charge in [0, 0.05) is 14.2 Å². The molecule has 114 valence electrons. The zero-order valence-electron chi connectivity index (χ0n) is 12.2. The van der Waals surface area contributed by atoms with Gasteiger partial charge in [0.25, 0.3) is 0 Å². The zero-order valence-corrected chi connectivity index (χ0v) is 12.2. The van der Waals surface area contributed by atoms with Crippen LogP contribution in [-0.4, -0.2) is 51.9 Å². The van der Waals surface area contributed by atoms with Crippen molar-refractivity contribution in [2.24, 2.45) is 11.8 Å². The first-order chi connectivity index (χ1) is 9.98. The van der Waals surface area contributed by atoms with Crippen LogP contribution in [0.4, 0.5) is 0 Å². The minimum atomic E-state index is -1.64. The first-order valence-electron chi connectivity index (χ1n) is 6.22. The van der Waals surface area contributed by atoms with Crippen LogP contribution in [0.1, 0.15) is 0 Å². The maximum absolute atomic E-state index is 12.6. The molecule has 0 fully saturated rings. The van der Waals surface area contributed by atoms with Crippen molar-refractivity contribution in [2.45, 2.75) is 5.79 Å². The Balaban J connectivity index is 2.69. The Hall–Kier alpha value is -1.99. The van der Waals surface area contributed by atoms with Crippen LogP contribution >= 0.6 is 0 Å². The number of allylic oxidation sites excluding steroid dienone is 1. The molecule has 0 aliphatic heterocycles. The third kappa shape index (κ3) is 1.92. The summed E-state index contributed by atoms with van der Waals surface area (Å²) in [4.78, 5) is 36.6. The van der Waals surface area contributed by atoms with E-state index in [9.17, 15) is 14.4 Å². The molecule has 0 aromatic rings. The number of carbonyl (C=O) groups is 3. The quantitative estimate of drug-likeness (QED) is 0.410. The summed E-state index contributed by atoms with van der Waals surface area (Å²) in [6.07, 6.45) is 3.15. The van der Waals surface area contributed by atoms with E-state index in [-0.39, 0.29) is 11.1 Å². The molecule has 3 aliphatic rings. The zero-order chi connectivity index (χ0) is 15.8. The molecule has 0 aromatic carbocycles. The third-order valence-electron chi connectivity index (χ3n) is 3.86. The number of methoxy groups -OCH3 is 4. The lowest BCUT2D eigenvalue weighted by Gasteiger charge is -2.45. The summed E-state index contributed by atoms with van der Waals surface area (Å²) in [5.41, 5.74) is 0.00623. The van der Waals surface area contributed by atoms with E-state index < -0.39 is 35.3 Å². The van der Waals surface area contributed by atoms with E-state index in [1.807, 2.05) is 0 Å². The first kappa shape index (κ1) is 15.4. The molecule has 0 amide bonds. The lowest BCUT2D eigenvalue weighted by Crippen LogP contribution is -2.59. The number of ether oxygens (including phenoxy) is 4. The number of esters is 2. The van der Waals surface area contributed by atoms with Gasteiger partial charge in [0.1, 0.15) is 0 Å². The van der Waals surface area contributed by atoms with Gasteiger partial charge in [-0.05, 0) is 0 Å². The third-order valence-corrected chi connectivity index (χ3v) is 3.86. The largest absolute Gasteiger partial charge is 0.466 e. The number of hydrogen-bond donors (Lipinski definition) is 0. The Morgan fingerprint density at radius 1 is 0.952 bits per heavy atom. The smallest absolute Gasteiger partial charge is 0.335 e. The van der Waals surface area contributed by atoms with E-state index in [2.05, 4.69) is 4.74 Å². The Labute approximate surface area is 121 Å². The van der Waals surface area contributed by atoms with Crippen molar-refractivity contribution >= 4 is 17.7 Å². The number of fused-ring (bicyclic) bond motifs is 1. The van der Waals surface area contributed by atoms with E-state index in [1.165, 1.54) is 28.4 Å². The number of carbonyl (C=O) groups excluding carboxylic acids is 3. The number of rotatable bonds is 4. The SMILES string of the molecule is COC(=O)C1=C(C(=O)OC)[C@@H]2C=C[C@@H]1C(=O)C2(OC)OC. The fourth-order valence-corrected chi connectivity index (χ4v) is 2.89. The van der Waals surface area contributed by atoms with Gasteiger partial charge in [-0.3, -0.25) is 4.79 Å². The minimum Gasteiger partial charge on any atom is -0.466 e. The van der Waals surface area contributed by atoms with Gasteiger partial charge < -0.3 is 18.9 Å². The second-order valence-electron chi connectivity index (χ2n) is 4.59. The standard InChI is InChI=1S/C14H16O7/c1-18-12(16)9-7-5-6-8(10(9)13(17)19-2)14(20-3,21-4)11(7)15/h5-8H,1-4H3/t7-,8-/m0/s1. The Morgan fingerprint density at radius 2 is 1.48 bits per heavy atom. The summed E-state index contributed by atoms with van der Waals surface area (Å²) in [5, 5.41) is 0. The lowest BCUT2D eigenvalue weighted by atomic mass is 9.66. The van der Waals surface area contributed by atoms with Crippen LogP contribution in [0.25, 0.3) is 0 Å². The molecule has 0 radical (unpaired) electrons. The van der Waals surface area contributed by atoms with Crippen molar-refractivity contribution < 1.29 is 33.3 Å². The van der Waals surface area contributed by atoms with Crippen LogP contribution in [0.15, 0.2) is 23.3 Å². The maximum atomic E-state index is 12.6. The van der Waals surface area contributed by atoms with Crippen LogP contribution in [0.2, 0.25) is 0 Å². The molecule has 0 saturated heterocycles. The second-order valence-corrected chi connectivity index (χ2v) is 4.59. The van der Waals surface area contributed by atoms with Crippen molar-refractivity contribution in [1.82, 2.24) is 0 Å². The van der Waals surface area contributed by atoms with Crippen molar-refractivity contribution in [2.75, 3.05) is 28.4 Å². The number of ketones is 1. The molecule has 0 unspecified atom stereocenters. The molecule has 3 rings (SSSR count). The molecular weight excluding hydrogens is 280 g/mol. The van der Waals surface area contributed by atoms with E-state index in [4.69, 9.17) is 14.2 Å². The van der Waals surface area contributed by atoms with Crippen molar-refractivity contribution in [3.63, 3.8) is 0 Å². The van der Waals surface area contributed by atoms with Crippen LogP contribution in [0.5, 0.6) is 0 Å². The highest BCUT2D eigenvalue weighted by atomic mass is 16.7. The van der Waals surface area contributed by atoms with Gasteiger partial charge in [0.2, 0.25) is 11.6 Å². The molecule has 7 heteroatoms. The molecule has 0 N–H and O–H groups in total. The summed E-state index contributed by atoms with van der Waals surface area (Å²) < 4.78 is 19.9. The summed E-state index contributed by atoms with van der Waals surface area (Å²) in [6, 6.07) is 0. The van der Waals surface area contributed by atoms with Gasteiger partial charge in [-0.2, -0.15) is 0 Å². The fourth-order valence-electron chi connectivity index (χ4n) is 2.89. The molecule has 0 aromatic heterocycles. The van der Waals surface area contributed by atoms with Gasteiger partial charge >= 0.3 is 11.9 Å². The van der Waals surface area contributed by atoms with E-state index in [1.54, 1.807) is 12.2 Å². The summed E-state index contributed by atoms with van der Waals surface area (Å²) in [5.74, 6) is -5.39. The summed E-state index contributed by atoms with van der Waals surface area (Å²) >= 11 is 0. The van der Waals surface area contributed by atoms with E-state index in [0.717, 1.165) is 0 Å². The second kappa shape index (κ2) is 5.42. The predicted octanol–water partition coefficient (Wildman–Crippen LogP) is 0.00300. The van der Waals surface area contributed by atoms with E-state index >= 15 is 0 Å². The van der Waals surface area contributed by atoms with Crippen LogP contribution < -0.4 is 0 Å². The summed E-state index contributed by atoms with van der Waals surface area (Å²) in [6.45, 7) is 0. The molecule has 2 atom stereocenters. The van der Waals surface area contributed by atoms with Crippen LogP contribution in [0.3, 0.4) is 0 Å². The van der Waals surface area contributed by atoms with Crippen molar-refractivity contribution in [3.05, 3.63) is 23.3 Å². The fraction of sp³-hybridized carbons (Fsp3) is 0.500. The molecule has 2 bridgehead atoms. The molecular formula is C14H16O7.